The van der Waals surface area contributed by atoms with Gasteiger partial charge in [0.15, 0.2) is 20.8 Å². The zero-order valence-electron chi connectivity index (χ0n) is 16.3. The van der Waals surface area contributed by atoms with Crippen molar-refractivity contribution in [1.29, 1.82) is 0 Å². The summed E-state index contributed by atoms with van der Waals surface area (Å²) in [5.41, 5.74) is 2.80. The lowest BCUT2D eigenvalue weighted by molar-refractivity contribution is 0.102. The molecular weight excluding hydrogens is 398 g/mol. The van der Waals surface area contributed by atoms with Crippen molar-refractivity contribution in [3.05, 3.63) is 45.1 Å². The van der Waals surface area contributed by atoms with Gasteiger partial charge in [-0.15, -0.1) is 0 Å². The van der Waals surface area contributed by atoms with E-state index in [1.54, 1.807) is 0 Å². The van der Waals surface area contributed by atoms with Crippen molar-refractivity contribution in [2.75, 3.05) is 17.3 Å². The summed E-state index contributed by atoms with van der Waals surface area (Å²) >= 11 is 1.21. The number of H-pyrrole nitrogens is 1. The van der Waals surface area contributed by atoms with Gasteiger partial charge < -0.3 is 9.55 Å². The Morgan fingerprint density at radius 1 is 1.36 bits per heavy atom. The van der Waals surface area contributed by atoms with E-state index < -0.39 is 9.84 Å². The van der Waals surface area contributed by atoms with Gasteiger partial charge in [0.25, 0.3) is 5.56 Å². The van der Waals surface area contributed by atoms with E-state index in [0.29, 0.717) is 17.1 Å². The third-order valence-corrected chi connectivity index (χ3v) is 7.60. The number of hydrogen-bond acceptors (Lipinski definition) is 6. The maximum atomic E-state index is 12.8. The van der Waals surface area contributed by atoms with Crippen molar-refractivity contribution in [2.45, 2.75) is 51.2 Å². The maximum Gasteiger partial charge on any atom is 0.251 e. The van der Waals surface area contributed by atoms with Gasteiger partial charge in [-0.25, -0.2) is 13.4 Å². The summed E-state index contributed by atoms with van der Waals surface area (Å²) in [6.45, 7) is 5.78. The number of hydrogen-bond donors (Lipinski definition) is 1. The summed E-state index contributed by atoms with van der Waals surface area (Å²) in [7, 11) is -3.00. The van der Waals surface area contributed by atoms with Gasteiger partial charge in [-0.05, 0) is 32.8 Å². The van der Waals surface area contributed by atoms with Gasteiger partial charge >= 0.3 is 0 Å². The van der Waals surface area contributed by atoms with Gasteiger partial charge in [0.1, 0.15) is 0 Å². The summed E-state index contributed by atoms with van der Waals surface area (Å²) in [6.07, 6.45) is 2.19. The van der Waals surface area contributed by atoms with E-state index in [4.69, 9.17) is 0 Å². The largest absolute Gasteiger partial charge is 0.344 e. The van der Waals surface area contributed by atoms with Crippen LogP contribution in [0.4, 0.5) is 0 Å². The fourth-order valence-electron chi connectivity index (χ4n) is 3.75. The van der Waals surface area contributed by atoms with Crippen LogP contribution in [0.2, 0.25) is 0 Å². The molecule has 1 atom stereocenters. The Morgan fingerprint density at radius 2 is 2.11 bits per heavy atom. The molecule has 0 aliphatic carbocycles. The highest BCUT2D eigenvalue weighted by Crippen LogP contribution is 2.29. The van der Waals surface area contributed by atoms with Crippen LogP contribution >= 0.6 is 11.8 Å². The Hall–Kier alpha value is -1.87. The summed E-state index contributed by atoms with van der Waals surface area (Å²) < 4.78 is 25.6. The number of aromatic nitrogens is 3. The van der Waals surface area contributed by atoms with Crippen LogP contribution < -0.4 is 5.56 Å². The van der Waals surface area contributed by atoms with Crippen LogP contribution in [-0.2, 0) is 16.3 Å². The average molecular weight is 424 g/mol. The number of nitrogens with one attached hydrogen (secondary N) is 1. The molecule has 3 rings (SSSR count). The number of nitrogens with zero attached hydrogens (tertiary/aromatic N) is 2. The van der Waals surface area contributed by atoms with Crippen molar-refractivity contribution < 1.29 is 13.2 Å². The minimum atomic E-state index is -3.00. The van der Waals surface area contributed by atoms with Gasteiger partial charge in [-0.2, -0.15) is 0 Å². The number of Topliss-reactive ketones (excluding diaryl/α,β-unsaturated/α-hetero) is 1. The third-order valence-electron chi connectivity index (χ3n) is 4.98. The number of aromatic amines is 1. The van der Waals surface area contributed by atoms with Gasteiger partial charge in [-0.3, -0.25) is 9.59 Å². The second kappa shape index (κ2) is 8.24. The molecule has 2 aromatic heterocycles. The van der Waals surface area contributed by atoms with Gasteiger partial charge in [0, 0.05) is 34.8 Å². The number of carbonyl (C=O) groups is 1. The molecule has 1 unspecified atom stereocenters. The molecule has 1 fully saturated rings. The first-order valence-electron chi connectivity index (χ1n) is 9.35. The smallest absolute Gasteiger partial charge is 0.251 e. The van der Waals surface area contributed by atoms with Crippen molar-refractivity contribution >= 4 is 27.4 Å². The van der Waals surface area contributed by atoms with Gasteiger partial charge in [0.2, 0.25) is 0 Å². The van der Waals surface area contributed by atoms with E-state index in [1.165, 1.54) is 17.8 Å². The molecule has 0 amide bonds. The molecule has 1 aliphatic heterocycles. The molecule has 3 heterocycles. The van der Waals surface area contributed by atoms with Crippen LogP contribution in [0.15, 0.2) is 22.1 Å². The summed E-state index contributed by atoms with van der Waals surface area (Å²) in [4.78, 5) is 31.6. The molecule has 7 nitrogen and oxygen atoms in total. The fourth-order valence-corrected chi connectivity index (χ4v) is 6.23. The summed E-state index contributed by atoms with van der Waals surface area (Å²) in [6, 6.07) is 3.20. The van der Waals surface area contributed by atoms with Crippen LogP contribution in [0.25, 0.3) is 0 Å². The molecule has 0 spiro atoms. The van der Waals surface area contributed by atoms with Crippen molar-refractivity contribution in [1.82, 2.24) is 14.5 Å². The fraction of sp³-hybridized carbons (Fsp3) is 0.526. The lowest BCUT2D eigenvalue weighted by Crippen LogP contribution is -2.15. The van der Waals surface area contributed by atoms with E-state index in [2.05, 4.69) is 9.97 Å². The summed E-state index contributed by atoms with van der Waals surface area (Å²) in [5.74, 6) is 0.419. The average Bonchev–Trinajstić information content (AvgIpc) is 3.11. The van der Waals surface area contributed by atoms with Crippen molar-refractivity contribution in [3.8, 4) is 0 Å². The number of carbonyl (C=O) groups excluding carboxylic acids is 1. The number of rotatable bonds is 7. The first-order chi connectivity index (χ1) is 13.2. The van der Waals surface area contributed by atoms with Crippen LogP contribution in [-0.4, -0.2) is 46.0 Å². The van der Waals surface area contributed by atoms with E-state index in [0.717, 1.165) is 29.9 Å². The number of aryl methyl sites for hydroxylation is 2. The zero-order chi connectivity index (χ0) is 20.5. The maximum absolute atomic E-state index is 12.8. The number of sulfone groups is 1. The highest BCUT2D eigenvalue weighted by Gasteiger charge is 2.31. The second-order valence-corrected chi connectivity index (χ2v) is 10.4. The molecule has 9 heteroatoms. The second-order valence-electron chi connectivity index (χ2n) is 7.22. The lowest BCUT2D eigenvalue weighted by atomic mass is 10.2. The lowest BCUT2D eigenvalue weighted by Gasteiger charge is -2.16. The molecule has 28 heavy (non-hydrogen) atoms. The monoisotopic (exact) mass is 423 g/mol. The number of ketones is 1. The molecule has 1 N–H and O–H groups in total. The predicted octanol–water partition coefficient (Wildman–Crippen LogP) is 2.48. The zero-order valence-corrected chi connectivity index (χ0v) is 18.0. The number of thioether (sulfide) groups is 1. The quantitative estimate of drug-likeness (QED) is 0.417. The van der Waals surface area contributed by atoms with Crippen molar-refractivity contribution in [2.24, 2.45) is 0 Å². The van der Waals surface area contributed by atoms with Gasteiger partial charge in [0.05, 0.1) is 17.3 Å². The molecule has 0 aromatic carbocycles. The highest BCUT2D eigenvalue weighted by molar-refractivity contribution is 7.99. The first-order valence-corrected chi connectivity index (χ1v) is 12.2. The molecule has 1 aliphatic rings. The first kappa shape index (κ1) is 20.9. The minimum absolute atomic E-state index is 0.0613. The third kappa shape index (κ3) is 4.57. The normalized spacial score (nSPS) is 18.5. The molecule has 0 radical (unpaired) electrons. The molecular formula is C19H25N3O4S2. The van der Waals surface area contributed by atoms with E-state index in [9.17, 15) is 18.0 Å². The van der Waals surface area contributed by atoms with Crippen molar-refractivity contribution in [3.63, 3.8) is 0 Å². The Bertz CT molecular complexity index is 1050. The molecule has 0 saturated carbocycles. The van der Waals surface area contributed by atoms with E-state index >= 15 is 0 Å². The molecule has 0 bridgehead atoms. The Labute approximate surface area is 168 Å². The Kier molecular flexibility index (Phi) is 6.14. The SMILES string of the molecule is CCCc1cc(=O)[nH]c(SCC(=O)c2cc(C)n(C3CCS(=O)(=O)C3)c2C)n1. The van der Waals surface area contributed by atoms with E-state index in [-0.39, 0.29) is 34.6 Å². The van der Waals surface area contributed by atoms with Crippen LogP contribution in [0.1, 0.15) is 53.2 Å². The van der Waals surface area contributed by atoms with Gasteiger partial charge in [-0.1, -0.05) is 25.1 Å². The molecule has 152 valence electrons. The van der Waals surface area contributed by atoms with Crippen LogP contribution in [0, 0.1) is 13.8 Å². The predicted molar refractivity (Wildman–Crippen MR) is 110 cm³/mol. The van der Waals surface area contributed by atoms with E-state index in [1.807, 2.05) is 31.4 Å². The summed E-state index contributed by atoms with van der Waals surface area (Å²) in [5, 5.41) is 0.444. The standard InChI is InChI=1S/C19H25N3O4S2/c1-4-5-14-9-18(24)21-19(20-14)27-10-17(23)16-8-12(2)22(13(16)3)15-6-7-28(25,26)11-15/h8-9,15H,4-7,10-11H2,1-3H3,(H,20,21,24). The van der Waals surface area contributed by atoms with Crippen LogP contribution in [0.3, 0.4) is 0 Å². The molecule has 2 aromatic rings. The Balaban J connectivity index is 1.75. The highest BCUT2D eigenvalue weighted by atomic mass is 32.2. The minimum Gasteiger partial charge on any atom is -0.344 e. The van der Waals surface area contributed by atoms with Crippen LogP contribution in [0.5, 0.6) is 0 Å². The Morgan fingerprint density at radius 3 is 2.75 bits per heavy atom. The molecule has 1 saturated heterocycles. The topological polar surface area (TPSA) is 102 Å².